The smallest absolute Gasteiger partial charge is 0.161 e. The monoisotopic (exact) mass is 657 g/mol. The maximum atomic E-state index is 5.94. The third-order valence-electron chi connectivity index (χ3n) is 6.42. The average Bonchev–Trinajstić information content (AvgIpc) is 3.60. The predicted molar refractivity (Wildman–Crippen MR) is 142 cm³/mol. The number of hydrogen-bond donors (Lipinski definition) is 0. The number of hydrogen-bond acceptors (Lipinski definition) is 4. The first-order valence-corrected chi connectivity index (χ1v) is 13.6. The van der Waals surface area contributed by atoms with Gasteiger partial charge in [0.1, 0.15) is 12.4 Å². The molecule has 0 saturated carbocycles. The van der Waals surface area contributed by atoms with E-state index in [4.69, 9.17) is 9.72 Å². The van der Waals surface area contributed by atoms with Crippen LogP contribution in [-0.4, -0.2) is 56.3 Å². The van der Waals surface area contributed by atoms with Crippen molar-refractivity contribution in [3.05, 3.63) is 85.3 Å². The Hall–Kier alpha value is -3.23. The summed E-state index contributed by atoms with van der Waals surface area (Å²) in [5, 5.41) is 10.1. The van der Waals surface area contributed by atoms with Gasteiger partial charge in [0.05, 0.1) is 6.20 Å². The van der Waals surface area contributed by atoms with Gasteiger partial charge >= 0.3 is 23.2 Å². The van der Waals surface area contributed by atoms with E-state index in [9.17, 15) is 0 Å². The average molecular weight is 656 g/mol. The van der Waals surface area contributed by atoms with Gasteiger partial charge in [0.15, 0.2) is 5.65 Å². The molecule has 3 heterocycles. The summed E-state index contributed by atoms with van der Waals surface area (Å²) in [6.45, 7) is 4.13. The fourth-order valence-electron chi connectivity index (χ4n) is 4.64. The van der Waals surface area contributed by atoms with E-state index in [0.29, 0.717) is 0 Å². The van der Waals surface area contributed by atoms with Crippen LogP contribution in [0.3, 0.4) is 0 Å². The van der Waals surface area contributed by atoms with Crippen molar-refractivity contribution < 1.29 is 28.4 Å². The second kappa shape index (κ2) is 12.1. The minimum atomic E-state index is 0. The van der Waals surface area contributed by atoms with Crippen molar-refractivity contribution >= 4 is 21.5 Å². The molecule has 7 heteroatoms. The van der Waals surface area contributed by atoms with Gasteiger partial charge in [0.2, 0.25) is 0 Å². The molecule has 2 N–H and O–H groups in total. The van der Waals surface area contributed by atoms with Gasteiger partial charge in [0.25, 0.3) is 0 Å². The first-order chi connectivity index (χ1) is 17.3. The zero-order valence-electron chi connectivity index (χ0n) is 20.0. The molecule has 0 atom stereocenters. The quantitative estimate of drug-likeness (QED) is 0.250. The van der Waals surface area contributed by atoms with Crippen LogP contribution >= 0.6 is 0 Å². The molecule has 1 aliphatic heterocycles. The van der Waals surface area contributed by atoms with Crippen molar-refractivity contribution in [3.8, 4) is 28.0 Å². The van der Waals surface area contributed by atoms with Gasteiger partial charge in [-0.15, -0.1) is 41.1 Å². The van der Waals surface area contributed by atoms with Crippen molar-refractivity contribution in [2.24, 2.45) is 0 Å². The maximum Gasteiger partial charge on any atom is 0.161 e. The molecule has 0 unspecified atom stereocenters. The van der Waals surface area contributed by atoms with Crippen LogP contribution in [0, 0.1) is 6.07 Å². The summed E-state index contributed by atoms with van der Waals surface area (Å²) in [6, 6.07) is 23.9. The zero-order chi connectivity index (χ0) is 24.0. The first kappa shape index (κ1) is 25.8. The molecule has 0 spiro atoms. The number of ether oxygens (including phenoxy) is 1. The number of fused-ring (bicyclic) bond motifs is 2. The van der Waals surface area contributed by atoms with Crippen LogP contribution in [0.25, 0.3) is 38.7 Å². The Balaban J connectivity index is 0.000000990. The largest absolute Gasteiger partial charge is 0.492 e. The molecule has 5 aromatic rings. The Bertz CT molecular complexity index is 1420. The molecule has 1 saturated heterocycles. The SMILES string of the molecule is O.[CH2]=[Os].[c-]1ccc(-c2cnn3cc(-c4ccc(OCCN5CCCC5)cc4)cnc23)c2ccccc12. The summed E-state index contributed by atoms with van der Waals surface area (Å²) in [7, 11) is 0. The molecule has 36 heavy (non-hydrogen) atoms. The van der Waals surface area contributed by atoms with Crippen LogP contribution < -0.4 is 4.74 Å². The number of aromatic nitrogens is 3. The van der Waals surface area contributed by atoms with Gasteiger partial charge in [-0.05, 0) is 43.6 Å². The van der Waals surface area contributed by atoms with E-state index in [1.807, 2.05) is 47.4 Å². The Morgan fingerprint density at radius 1 is 0.917 bits per heavy atom. The Morgan fingerprint density at radius 2 is 1.69 bits per heavy atom. The van der Waals surface area contributed by atoms with Crippen LogP contribution in [-0.2, 0) is 18.1 Å². The van der Waals surface area contributed by atoms with Gasteiger partial charge in [-0.2, -0.15) is 5.10 Å². The van der Waals surface area contributed by atoms with Gasteiger partial charge in [-0.3, -0.25) is 4.90 Å². The molecule has 3 aromatic carbocycles. The van der Waals surface area contributed by atoms with Gasteiger partial charge in [-0.25, -0.2) is 9.50 Å². The van der Waals surface area contributed by atoms with Gasteiger partial charge < -0.3 is 10.2 Å². The van der Waals surface area contributed by atoms with E-state index in [1.54, 1.807) is 18.1 Å². The molecule has 6 nitrogen and oxygen atoms in total. The van der Waals surface area contributed by atoms with Crippen LogP contribution in [0.4, 0.5) is 0 Å². The summed E-state index contributed by atoms with van der Waals surface area (Å²) < 4.78 is 7.80. The molecule has 0 aliphatic carbocycles. The first-order valence-electron chi connectivity index (χ1n) is 11.8. The van der Waals surface area contributed by atoms with Crippen LogP contribution in [0.1, 0.15) is 12.8 Å². The Kier molecular flexibility index (Phi) is 8.72. The topological polar surface area (TPSA) is 74.2 Å². The van der Waals surface area contributed by atoms with Crippen LogP contribution in [0.5, 0.6) is 5.75 Å². The van der Waals surface area contributed by atoms with E-state index >= 15 is 0 Å². The summed E-state index contributed by atoms with van der Waals surface area (Å²) in [5.41, 5.74) is 5.10. The molecule has 6 rings (SSSR count). The fraction of sp³-hybridized carbons (Fsp3) is 0.207. The molecule has 186 valence electrons. The minimum absolute atomic E-state index is 0. The number of likely N-dealkylation sites (tertiary alicyclic amines) is 1. The molecular formula is C29H29N4O2Os-. The summed E-state index contributed by atoms with van der Waals surface area (Å²) in [6.07, 6.45) is 8.47. The summed E-state index contributed by atoms with van der Waals surface area (Å²) in [5.74, 6) is 0.904. The maximum absolute atomic E-state index is 5.94. The second-order valence-corrected chi connectivity index (χ2v) is 8.53. The van der Waals surface area contributed by atoms with E-state index in [-0.39, 0.29) is 5.48 Å². The zero-order valence-corrected chi connectivity index (χ0v) is 22.5. The normalized spacial score (nSPS) is 13.2. The van der Waals surface area contributed by atoms with Crippen molar-refractivity contribution in [2.75, 3.05) is 26.2 Å². The summed E-state index contributed by atoms with van der Waals surface area (Å²) >= 11 is 1.61. The Morgan fingerprint density at radius 3 is 2.50 bits per heavy atom. The van der Waals surface area contributed by atoms with Crippen molar-refractivity contribution in [1.29, 1.82) is 0 Å². The Labute approximate surface area is 221 Å². The molecule has 1 aliphatic rings. The molecule has 0 radical (unpaired) electrons. The molecular weight excluding hydrogens is 627 g/mol. The predicted octanol–water partition coefficient (Wildman–Crippen LogP) is 4.63. The van der Waals surface area contributed by atoms with E-state index in [1.165, 1.54) is 25.9 Å². The molecule has 1 fully saturated rings. The number of nitrogens with zero attached hydrogens (tertiary/aromatic N) is 4. The molecule has 0 amide bonds. The number of rotatable bonds is 6. The third-order valence-corrected chi connectivity index (χ3v) is 6.42. The molecule has 2 aromatic heterocycles. The standard InChI is InChI=1S/C28H25N4O.CH2.H2O.Os/c1-2-8-25-22(6-1)7-5-9-26(25)27-19-30-32-20-23(18-29-28(27)32)21-10-12-24(13-11-21)33-17-16-31-14-3-4-15-31;;;/h1-2,5-6,8-13,18-20H,3-4,14-17H2;2*1H2;/q-1;;;. The minimum Gasteiger partial charge on any atom is -0.492 e. The van der Waals surface area contributed by atoms with Gasteiger partial charge in [-0.1, -0.05) is 29.8 Å². The van der Waals surface area contributed by atoms with Crippen molar-refractivity contribution in [3.63, 3.8) is 0 Å². The number of benzene rings is 3. The molecule has 0 bridgehead atoms. The van der Waals surface area contributed by atoms with E-state index in [0.717, 1.165) is 57.6 Å². The van der Waals surface area contributed by atoms with Crippen LogP contribution in [0.2, 0.25) is 0 Å². The third kappa shape index (κ3) is 5.44. The summed E-state index contributed by atoms with van der Waals surface area (Å²) in [4.78, 5) is 7.23. The van der Waals surface area contributed by atoms with E-state index in [2.05, 4.69) is 57.5 Å². The van der Waals surface area contributed by atoms with Gasteiger partial charge in [0, 0.05) is 30.1 Å². The van der Waals surface area contributed by atoms with Crippen molar-refractivity contribution in [2.45, 2.75) is 12.8 Å². The fourth-order valence-corrected chi connectivity index (χ4v) is 4.64. The second-order valence-electron chi connectivity index (χ2n) is 8.53. The van der Waals surface area contributed by atoms with Crippen molar-refractivity contribution in [1.82, 2.24) is 19.5 Å². The van der Waals surface area contributed by atoms with E-state index < -0.39 is 0 Å². The van der Waals surface area contributed by atoms with Crippen LogP contribution in [0.15, 0.2) is 79.3 Å².